The van der Waals surface area contributed by atoms with E-state index in [9.17, 15) is 23.1 Å². The fourth-order valence-electron chi connectivity index (χ4n) is 3.03. The van der Waals surface area contributed by atoms with Crippen molar-refractivity contribution in [2.45, 2.75) is 45.0 Å². The van der Waals surface area contributed by atoms with Crippen LogP contribution in [0, 0.1) is 5.92 Å². The fraction of sp³-hybridized carbons (Fsp3) is 0.611. The maximum atomic E-state index is 12.5. The summed E-state index contributed by atoms with van der Waals surface area (Å²) >= 11 is 0. The number of nitrogens with zero attached hydrogens (tertiary/aromatic N) is 1. The van der Waals surface area contributed by atoms with E-state index in [1.165, 1.54) is 12.1 Å². The molecule has 1 aromatic carbocycles. The van der Waals surface area contributed by atoms with Gasteiger partial charge in [0, 0.05) is 18.5 Å². The molecule has 1 aromatic rings. The second-order valence-corrected chi connectivity index (χ2v) is 6.78. The van der Waals surface area contributed by atoms with Crippen molar-refractivity contribution in [1.82, 2.24) is 10.2 Å². The van der Waals surface area contributed by atoms with Crippen LogP contribution in [-0.2, 0) is 11.0 Å². The van der Waals surface area contributed by atoms with Crippen molar-refractivity contribution in [2.75, 3.05) is 19.6 Å². The van der Waals surface area contributed by atoms with Gasteiger partial charge in [-0.1, -0.05) is 12.1 Å². The van der Waals surface area contributed by atoms with Crippen LogP contribution in [0.5, 0.6) is 0 Å². The van der Waals surface area contributed by atoms with Crippen LogP contribution in [0.15, 0.2) is 24.3 Å². The summed E-state index contributed by atoms with van der Waals surface area (Å²) in [5, 5.41) is 12.8. The predicted molar refractivity (Wildman–Crippen MR) is 88.8 cm³/mol. The highest BCUT2D eigenvalue weighted by molar-refractivity contribution is 5.78. The number of hydrogen-bond donors (Lipinski definition) is 2. The minimum Gasteiger partial charge on any atom is -0.387 e. The Hall–Kier alpha value is -1.60. The largest absolute Gasteiger partial charge is 0.416 e. The van der Waals surface area contributed by atoms with Crippen LogP contribution in [0.3, 0.4) is 0 Å². The summed E-state index contributed by atoms with van der Waals surface area (Å²) in [6.45, 7) is 5.99. The summed E-state index contributed by atoms with van der Waals surface area (Å²) in [4.78, 5) is 14.5. The van der Waals surface area contributed by atoms with Gasteiger partial charge in [-0.05, 0) is 57.5 Å². The minimum atomic E-state index is -4.40. The third-order valence-corrected chi connectivity index (χ3v) is 4.72. The van der Waals surface area contributed by atoms with Gasteiger partial charge in [0.05, 0.1) is 11.7 Å². The van der Waals surface area contributed by atoms with Gasteiger partial charge in [0.1, 0.15) is 0 Å². The van der Waals surface area contributed by atoms with E-state index in [0.717, 1.165) is 38.1 Å². The molecule has 0 aromatic heterocycles. The Bertz CT molecular complexity index is 565. The maximum absolute atomic E-state index is 12.5. The Morgan fingerprint density at radius 3 is 2.28 bits per heavy atom. The molecule has 1 heterocycles. The Morgan fingerprint density at radius 2 is 1.80 bits per heavy atom. The molecule has 0 radical (unpaired) electrons. The molecule has 0 bridgehead atoms. The van der Waals surface area contributed by atoms with Gasteiger partial charge in [-0.3, -0.25) is 4.79 Å². The molecule has 2 rings (SSSR count). The van der Waals surface area contributed by atoms with Crippen molar-refractivity contribution in [3.8, 4) is 0 Å². The van der Waals surface area contributed by atoms with Crippen molar-refractivity contribution in [1.29, 1.82) is 0 Å². The van der Waals surface area contributed by atoms with E-state index in [-0.39, 0.29) is 18.4 Å². The molecule has 7 heteroatoms. The number of benzene rings is 1. The predicted octanol–water partition coefficient (Wildman–Crippen LogP) is 2.98. The van der Waals surface area contributed by atoms with Gasteiger partial charge >= 0.3 is 6.18 Å². The number of carbonyl (C=O) groups is 1. The number of nitrogens with one attached hydrogen (secondary N) is 1. The molecular formula is C18H25F3N2O2. The van der Waals surface area contributed by atoms with Crippen molar-refractivity contribution in [3.63, 3.8) is 0 Å². The zero-order valence-corrected chi connectivity index (χ0v) is 14.5. The van der Waals surface area contributed by atoms with Crippen LogP contribution in [0.2, 0.25) is 0 Å². The molecule has 25 heavy (non-hydrogen) atoms. The van der Waals surface area contributed by atoms with E-state index in [2.05, 4.69) is 24.1 Å². The number of carbonyl (C=O) groups excluding carboxylic acids is 1. The van der Waals surface area contributed by atoms with E-state index in [1.54, 1.807) is 0 Å². The van der Waals surface area contributed by atoms with E-state index >= 15 is 0 Å². The lowest BCUT2D eigenvalue weighted by atomic mass is 9.95. The van der Waals surface area contributed by atoms with Crippen molar-refractivity contribution >= 4 is 5.91 Å². The van der Waals surface area contributed by atoms with Gasteiger partial charge in [0.2, 0.25) is 5.91 Å². The lowest BCUT2D eigenvalue weighted by molar-refractivity contribution is -0.137. The first kappa shape index (κ1) is 19.7. The molecule has 1 amide bonds. The van der Waals surface area contributed by atoms with Crippen LogP contribution >= 0.6 is 0 Å². The fourth-order valence-corrected chi connectivity index (χ4v) is 3.03. The first-order chi connectivity index (χ1) is 11.7. The molecule has 140 valence electrons. The van der Waals surface area contributed by atoms with Gasteiger partial charge in [0.25, 0.3) is 0 Å². The molecular weight excluding hydrogens is 333 g/mol. The Labute approximate surface area is 146 Å². The second kappa shape index (κ2) is 8.19. The normalized spacial score (nSPS) is 18.4. The molecule has 0 aliphatic carbocycles. The van der Waals surface area contributed by atoms with Crippen molar-refractivity contribution in [3.05, 3.63) is 35.4 Å². The zero-order chi connectivity index (χ0) is 18.6. The van der Waals surface area contributed by atoms with Gasteiger partial charge in [-0.25, -0.2) is 0 Å². The number of likely N-dealkylation sites (tertiary alicyclic amines) is 1. The summed E-state index contributed by atoms with van der Waals surface area (Å²) < 4.78 is 37.6. The summed E-state index contributed by atoms with van der Waals surface area (Å²) in [6.07, 6.45) is -3.87. The summed E-state index contributed by atoms with van der Waals surface area (Å²) in [5.74, 6) is -0.177. The number of halogens is 3. The van der Waals surface area contributed by atoms with Gasteiger partial charge in [0.15, 0.2) is 0 Å². The molecule has 1 aliphatic rings. The monoisotopic (exact) mass is 358 g/mol. The van der Waals surface area contributed by atoms with Crippen LogP contribution in [0.25, 0.3) is 0 Å². The van der Waals surface area contributed by atoms with Crippen molar-refractivity contribution < 1.29 is 23.1 Å². The number of piperidine rings is 1. The van der Waals surface area contributed by atoms with E-state index in [0.29, 0.717) is 11.6 Å². The third-order valence-electron chi connectivity index (χ3n) is 4.72. The molecule has 1 fully saturated rings. The lowest BCUT2D eigenvalue weighted by Gasteiger charge is -2.34. The molecule has 1 atom stereocenters. The van der Waals surface area contributed by atoms with E-state index < -0.39 is 17.8 Å². The number of alkyl halides is 3. The molecule has 1 aliphatic heterocycles. The van der Waals surface area contributed by atoms with Gasteiger partial charge in [-0.15, -0.1) is 0 Å². The van der Waals surface area contributed by atoms with E-state index in [1.807, 2.05) is 0 Å². The van der Waals surface area contributed by atoms with Crippen LogP contribution in [-0.4, -0.2) is 41.6 Å². The molecule has 2 N–H and O–H groups in total. The Morgan fingerprint density at radius 1 is 1.24 bits per heavy atom. The summed E-state index contributed by atoms with van der Waals surface area (Å²) in [7, 11) is 0. The average Bonchev–Trinajstić information content (AvgIpc) is 2.58. The maximum Gasteiger partial charge on any atom is 0.416 e. The topological polar surface area (TPSA) is 52.6 Å². The molecule has 0 saturated carbocycles. The quantitative estimate of drug-likeness (QED) is 0.851. The molecule has 0 unspecified atom stereocenters. The highest BCUT2D eigenvalue weighted by atomic mass is 19.4. The number of rotatable bonds is 5. The molecule has 0 spiro atoms. The van der Waals surface area contributed by atoms with Crippen LogP contribution in [0.1, 0.15) is 43.9 Å². The van der Waals surface area contributed by atoms with Gasteiger partial charge < -0.3 is 15.3 Å². The summed E-state index contributed by atoms with van der Waals surface area (Å²) in [6, 6.07) is 4.80. The second-order valence-electron chi connectivity index (χ2n) is 6.78. The zero-order valence-electron chi connectivity index (χ0n) is 14.5. The van der Waals surface area contributed by atoms with Crippen molar-refractivity contribution in [2.24, 2.45) is 5.92 Å². The Kier molecular flexibility index (Phi) is 6.46. The smallest absolute Gasteiger partial charge is 0.387 e. The van der Waals surface area contributed by atoms with Crippen LogP contribution in [0.4, 0.5) is 13.2 Å². The molecule has 1 saturated heterocycles. The third kappa shape index (κ3) is 5.44. The summed E-state index contributed by atoms with van der Waals surface area (Å²) in [5.41, 5.74) is -0.410. The van der Waals surface area contributed by atoms with Gasteiger partial charge in [-0.2, -0.15) is 13.2 Å². The number of hydrogen-bond acceptors (Lipinski definition) is 3. The lowest BCUT2D eigenvalue weighted by Crippen LogP contribution is -2.43. The van der Waals surface area contributed by atoms with E-state index in [4.69, 9.17) is 0 Å². The number of aliphatic hydroxyl groups is 1. The highest BCUT2D eigenvalue weighted by Gasteiger charge is 2.30. The first-order valence-electron chi connectivity index (χ1n) is 8.55. The SMILES string of the molecule is CC(C)N1CCC(C(=O)NC[C@H](O)c2ccc(C(F)(F)F)cc2)CC1. The highest BCUT2D eigenvalue weighted by Crippen LogP contribution is 2.29. The standard InChI is InChI=1S/C18H25F3N2O2/c1-12(2)23-9-7-14(8-10-23)17(25)22-11-16(24)13-3-5-15(6-4-13)18(19,20)21/h3-6,12,14,16,24H,7-11H2,1-2H3,(H,22,25)/t16-/m0/s1. The molecule has 4 nitrogen and oxygen atoms in total. The van der Waals surface area contributed by atoms with Crippen LogP contribution < -0.4 is 5.32 Å². The number of amides is 1. The number of aliphatic hydroxyl groups excluding tert-OH is 1. The first-order valence-corrected chi connectivity index (χ1v) is 8.55. The minimum absolute atomic E-state index is 0.00536. The average molecular weight is 358 g/mol. The Balaban J connectivity index is 1.81.